The SMILES string of the molecule is CN1CCCCCC(O)CCC1.O=[N+]([O-])c1cc([N+](=O)[O-])c(O)c([N+](=O)[O-])c1. The number of phenols is 1. The van der Waals surface area contributed by atoms with Gasteiger partial charge in [0.15, 0.2) is 0 Å². The van der Waals surface area contributed by atoms with E-state index in [1.54, 1.807) is 0 Å². The number of rotatable bonds is 3. The third kappa shape index (κ3) is 7.40. The molecule has 1 saturated heterocycles. The number of aliphatic hydroxyl groups excluding tert-OH is 1. The number of hydrogen-bond donors (Lipinski definition) is 2. The van der Waals surface area contributed by atoms with E-state index in [4.69, 9.17) is 5.11 Å². The lowest BCUT2D eigenvalue weighted by atomic mass is 10.0. The van der Waals surface area contributed by atoms with Gasteiger partial charge in [0.1, 0.15) is 0 Å². The fraction of sp³-hybridized carbons (Fsp3) is 0.625. The molecule has 1 aliphatic heterocycles. The van der Waals surface area contributed by atoms with Crippen molar-refractivity contribution in [1.82, 2.24) is 4.90 Å². The number of aromatic hydroxyl groups is 1. The van der Waals surface area contributed by atoms with Gasteiger partial charge in [0.2, 0.25) is 0 Å². The van der Waals surface area contributed by atoms with E-state index in [2.05, 4.69) is 11.9 Å². The molecule has 1 aromatic carbocycles. The van der Waals surface area contributed by atoms with Crippen molar-refractivity contribution in [3.8, 4) is 5.75 Å². The van der Waals surface area contributed by atoms with Crippen molar-refractivity contribution < 1.29 is 25.0 Å². The Morgan fingerprint density at radius 3 is 1.89 bits per heavy atom. The Labute approximate surface area is 160 Å². The quantitative estimate of drug-likeness (QED) is 0.571. The van der Waals surface area contributed by atoms with Gasteiger partial charge in [-0.05, 0) is 45.8 Å². The summed E-state index contributed by atoms with van der Waals surface area (Å²) in [6.07, 6.45) is 6.90. The topological polar surface area (TPSA) is 173 Å². The Bertz CT molecular complexity index is 665. The maximum Gasteiger partial charge on any atom is 0.324 e. The maximum atomic E-state index is 10.4. The van der Waals surface area contributed by atoms with Gasteiger partial charge in [-0.1, -0.05) is 12.8 Å². The molecule has 1 atom stereocenters. The van der Waals surface area contributed by atoms with Crippen molar-refractivity contribution in [2.75, 3.05) is 20.1 Å². The number of nitro groups is 3. The average Bonchev–Trinajstić information content (AvgIpc) is 2.61. The molecule has 1 heterocycles. The summed E-state index contributed by atoms with van der Waals surface area (Å²) in [5.74, 6) is -1.21. The van der Waals surface area contributed by atoms with Crippen LogP contribution in [0.15, 0.2) is 12.1 Å². The van der Waals surface area contributed by atoms with Gasteiger partial charge in [-0.25, -0.2) is 0 Å². The molecule has 12 nitrogen and oxygen atoms in total. The van der Waals surface area contributed by atoms with Gasteiger partial charge in [0.05, 0.1) is 33.0 Å². The van der Waals surface area contributed by atoms with Crippen molar-refractivity contribution in [3.63, 3.8) is 0 Å². The highest BCUT2D eigenvalue weighted by atomic mass is 16.6. The third-order valence-corrected chi connectivity index (χ3v) is 4.31. The van der Waals surface area contributed by atoms with Crippen LogP contribution in [0.1, 0.15) is 38.5 Å². The molecule has 0 spiro atoms. The summed E-state index contributed by atoms with van der Waals surface area (Å²) < 4.78 is 0. The zero-order valence-electron chi connectivity index (χ0n) is 15.5. The highest BCUT2D eigenvalue weighted by Gasteiger charge is 2.30. The summed E-state index contributed by atoms with van der Waals surface area (Å²) >= 11 is 0. The normalized spacial score (nSPS) is 18.4. The first-order valence-electron chi connectivity index (χ1n) is 8.80. The van der Waals surface area contributed by atoms with Gasteiger partial charge in [-0.15, -0.1) is 0 Å². The van der Waals surface area contributed by atoms with Gasteiger partial charge in [0, 0.05) is 0 Å². The smallest absolute Gasteiger partial charge is 0.324 e. The molecule has 0 aliphatic carbocycles. The number of aliphatic hydroxyl groups is 1. The van der Waals surface area contributed by atoms with Crippen LogP contribution >= 0.6 is 0 Å². The van der Waals surface area contributed by atoms with E-state index in [-0.39, 0.29) is 6.10 Å². The second-order valence-electron chi connectivity index (χ2n) is 6.55. The number of nitro benzene ring substituents is 3. The summed E-state index contributed by atoms with van der Waals surface area (Å²) in [4.78, 5) is 30.1. The van der Waals surface area contributed by atoms with Crippen LogP contribution in [0.3, 0.4) is 0 Å². The van der Waals surface area contributed by atoms with Crippen LogP contribution in [0.25, 0.3) is 0 Å². The van der Waals surface area contributed by atoms with Crippen LogP contribution in [0.2, 0.25) is 0 Å². The molecule has 12 heteroatoms. The third-order valence-electron chi connectivity index (χ3n) is 4.31. The van der Waals surface area contributed by atoms with Gasteiger partial charge < -0.3 is 15.1 Å². The molecule has 0 radical (unpaired) electrons. The van der Waals surface area contributed by atoms with Crippen molar-refractivity contribution in [2.24, 2.45) is 0 Å². The number of non-ortho nitro benzene ring substituents is 1. The van der Waals surface area contributed by atoms with E-state index in [1.807, 2.05) is 0 Å². The first kappa shape index (κ1) is 23.2. The Morgan fingerprint density at radius 1 is 0.893 bits per heavy atom. The Morgan fingerprint density at radius 2 is 1.39 bits per heavy atom. The summed E-state index contributed by atoms with van der Waals surface area (Å²) in [7, 11) is 2.17. The minimum Gasteiger partial charge on any atom is -0.497 e. The van der Waals surface area contributed by atoms with Crippen molar-refractivity contribution in [1.29, 1.82) is 0 Å². The average molecular weight is 400 g/mol. The van der Waals surface area contributed by atoms with Crippen LogP contribution in [-0.2, 0) is 0 Å². The second-order valence-corrected chi connectivity index (χ2v) is 6.55. The summed E-state index contributed by atoms with van der Waals surface area (Å²) in [6.45, 7) is 2.38. The van der Waals surface area contributed by atoms with Gasteiger partial charge >= 0.3 is 11.4 Å². The Kier molecular flexibility index (Phi) is 9.18. The molecule has 2 N–H and O–H groups in total. The molecule has 0 amide bonds. The lowest BCUT2D eigenvalue weighted by Crippen LogP contribution is -2.23. The van der Waals surface area contributed by atoms with Crippen LogP contribution in [0, 0.1) is 30.3 Å². The molecule has 1 aromatic rings. The maximum absolute atomic E-state index is 10.4. The molecule has 1 aliphatic rings. The van der Waals surface area contributed by atoms with Crippen LogP contribution in [0.5, 0.6) is 5.75 Å². The van der Waals surface area contributed by atoms with Crippen molar-refractivity contribution in [3.05, 3.63) is 42.5 Å². The van der Waals surface area contributed by atoms with E-state index in [0.29, 0.717) is 12.1 Å². The summed E-state index contributed by atoms with van der Waals surface area (Å²) in [5, 5.41) is 49.7. The number of nitrogens with zero attached hydrogens (tertiary/aromatic N) is 4. The molecule has 156 valence electrons. The molecular weight excluding hydrogens is 376 g/mol. The largest absolute Gasteiger partial charge is 0.497 e. The van der Waals surface area contributed by atoms with E-state index in [9.17, 15) is 35.4 Å². The van der Waals surface area contributed by atoms with Crippen molar-refractivity contribution >= 4 is 17.1 Å². The van der Waals surface area contributed by atoms with Gasteiger partial charge in [-0.2, -0.15) is 0 Å². The molecule has 28 heavy (non-hydrogen) atoms. The van der Waals surface area contributed by atoms with Gasteiger partial charge in [-0.3, -0.25) is 30.3 Å². The van der Waals surface area contributed by atoms with Crippen molar-refractivity contribution in [2.45, 2.75) is 44.6 Å². The molecular formula is C16H24N4O8. The fourth-order valence-corrected chi connectivity index (χ4v) is 2.76. The molecule has 1 fully saturated rings. The summed E-state index contributed by atoms with van der Waals surface area (Å²) in [6, 6.07) is 0.894. The summed E-state index contributed by atoms with van der Waals surface area (Å²) in [5.41, 5.74) is -3.00. The van der Waals surface area contributed by atoms with E-state index in [0.717, 1.165) is 25.8 Å². The Hall–Kier alpha value is -2.86. The second kappa shape index (κ2) is 11.1. The fourth-order valence-electron chi connectivity index (χ4n) is 2.76. The first-order chi connectivity index (χ1) is 13.1. The van der Waals surface area contributed by atoms with Crippen LogP contribution in [-0.4, -0.2) is 56.1 Å². The van der Waals surface area contributed by atoms with E-state index >= 15 is 0 Å². The number of benzene rings is 1. The highest BCUT2D eigenvalue weighted by Crippen LogP contribution is 2.38. The monoisotopic (exact) mass is 400 g/mol. The highest BCUT2D eigenvalue weighted by molar-refractivity contribution is 5.64. The number of hydrogen-bond acceptors (Lipinski definition) is 9. The minimum atomic E-state index is -1.21. The molecule has 1 unspecified atom stereocenters. The number of phenolic OH excluding ortho intramolecular Hbond substituents is 1. The first-order valence-corrected chi connectivity index (χ1v) is 8.80. The predicted molar refractivity (Wildman–Crippen MR) is 99.3 cm³/mol. The molecule has 0 aromatic heterocycles. The molecule has 0 bridgehead atoms. The zero-order valence-corrected chi connectivity index (χ0v) is 15.5. The van der Waals surface area contributed by atoms with E-state index < -0.39 is 37.6 Å². The Balaban J connectivity index is 0.000000292. The van der Waals surface area contributed by atoms with Crippen LogP contribution in [0.4, 0.5) is 17.1 Å². The lowest BCUT2D eigenvalue weighted by molar-refractivity contribution is -0.404. The zero-order chi connectivity index (χ0) is 21.3. The van der Waals surface area contributed by atoms with E-state index in [1.165, 1.54) is 25.8 Å². The standard InChI is InChI=1S/C10H21NO.C6H3N3O7/c1-11-8-4-2-3-6-10(12)7-5-9-11;10-6-4(8(13)14)1-3(7(11)12)2-5(6)9(15)16/h10,12H,2-9H2,1H3;1-2,10H. The van der Waals surface area contributed by atoms with Crippen LogP contribution < -0.4 is 0 Å². The molecule has 2 rings (SSSR count). The van der Waals surface area contributed by atoms with Gasteiger partial charge in [0.25, 0.3) is 11.4 Å². The predicted octanol–water partition coefficient (Wildman–Crippen LogP) is 2.75. The minimum absolute atomic E-state index is 0.0310. The molecule has 0 saturated carbocycles. The lowest BCUT2D eigenvalue weighted by Gasteiger charge is -2.19.